The molecule has 0 saturated carbocycles. The number of nitrogens with one attached hydrogen (secondary N) is 1. The Balaban J connectivity index is 1.76. The second-order valence-electron chi connectivity index (χ2n) is 7.93. The maximum atomic E-state index is 11.9. The molecule has 1 aromatic heterocycles. The molecule has 0 aliphatic carbocycles. The first-order chi connectivity index (χ1) is 11.8. The van der Waals surface area contributed by atoms with Gasteiger partial charge in [-0.25, -0.2) is 4.79 Å². The second kappa shape index (κ2) is 8.65. The van der Waals surface area contributed by atoms with Gasteiger partial charge >= 0.3 is 6.09 Å². The smallest absolute Gasteiger partial charge is 0.407 e. The van der Waals surface area contributed by atoms with Crippen LogP contribution in [0.25, 0.3) is 0 Å². The van der Waals surface area contributed by atoms with Gasteiger partial charge in [0.15, 0.2) is 5.82 Å². The van der Waals surface area contributed by atoms with Gasteiger partial charge in [0.25, 0.3) is 0 Å². The van der Waals surface area contributed by atoms with E-state index in [1.54, 1.807) is 0 Å². The lowest BCUT2D eigenvalue weighted by Crippen LogP contribution is -2.42. The molecule has 1 fully saturated rings. The minimum Gasteiger partial charge on any atom is -0.444 e. The van der Waals surface area contributed by atoms with Gasteiger partial charge < -0.3 is 14.6 Å². The van der Waals surface area contributed by atoms with Crippen molar-refractivity contribution in [3.63, 3.8) is 0 Å². The van der Waals surface area contributed by atoms with Gasteiger partial charge in [-0.15, -0.1) is 0 Å². The number of carbonyl (C=O) groups excluding carboxylic acids is 1. The summed E-state index contributed by atoms with van der Waals surface area (Å²) in [5, 5.41) is 7.03. The molecule has 0 spiro atoms. The Morgan fingerprint density at radius 2 is 2.24 bits per heavy atom. The average Bonchev–Trinajstić information content (AvgIpc) is 3.13. The van der Waals surface area contributed by atoms with Gasteiger partial charge in [0.2, 0.25) is 5.89 Å². The van der Waals surface area contributed by atoms with E-state index in [-0.39, 0.29) is 12.1 Å². The Labute approximate surface area is 150 Å². The zero-order valence-electron chi connectivity index (χ0n) is 16.2. The number of ether oxygens (including phenoxy) is 1. The number of alkyl carbamates (subject to hydrolysis) is 1. The maximum Gasteiger partial charge on any atom is 0.407 e. The minimum atomic E-state index is -0.473. The van der Waals surface area contributed by atoms with Crippen molar-refractivity contribution in [3.8, 4) is 0 Å². The molecule has 1 aromatic rings. The van der Waals surface area contributed by atoms with E-state index in [4.69, 9.17) is 9.26 Å². The molecule has 142 valence electrons. The van der Waals surface area contributed by atoms with Gasteiger partial charge in [-0.3, -0.25) is 4.90 Å². The monoisotopic (exact) mass is 352 g/mol. The predicted molar refractivity (Wildman–Crippen MR) is 95.1 cm³/mol. The third kappa shape index (κ3) is 6.65. The van der Waals surface area contributed by atoms with Gasteiger partial charge in [0.05, 0.1) is 6.54 Å². The van der Waals surface area contributed by atoms with E-state index in [1.807, 2.05) is 27.7 Å². The number of aromatic nitrogens is 2. The maximum absolute atomic E-state index is 11.9. The van der Waals surface area contributed by atoms with Crippen LogP contribution in [0.3, 0.4) is 0 Å². The zero-order valence-corrected chi connectivity index (χ0v) is 16.2. The Hall–Kier alpha value is -1.63. The van der Waals surface area contributed by atoms with E-state index < -0.39 is 5.60 Å². The van der Waals surface area contributed by atoms with Crippen LogP contribution < -0.4 is 5.32 Å². The van der Waals surface area contributed by atoms with E-state index >= 15 is 0 Å². The molecule has 2 atom stereocenters. The van der Waals surface area contributed by atoms with Crippen LogP contribution >= 0.6 is 0 Å². The van der Waals surface area contributed by atoms with Crippen LogP contribution in [0.4, 0.5) is 4.79 Å². The molecule has 0 radical (unpaired) electrons. The number of amides is 1. The Morgan fingerprint density at radius 1 is 1.48 bits per heavy atom. The molecule has 0 aromatic carbocycles. The summed E-state index contributed by atoms with van der Waals surface area (Å²) in [4.78, 5) is 18.7. The molecular formula is C18H32N4O3. The van der Waals surface area contributed by atoms with Gasteiger partial charge in [-0.1, -0.05) is 18.5 Å². The van der Waals surface area contributed by atoms with Crippen LogP contribution in [0.15, 0.2) is 4.52 Å². The SMILES string of the molecule is CCCCc1nc(CN2CC[C@H]([C@@H](C)NC(=O)OC(C)(C)C)C2)no1. The summed E-state index contributed by atoms with van der Waals surface area (Å²) >= 11 is 0. The topological polar surface area (TPSA) is 80.5 Å². The quantitative estimate of drug-likeness (QED) is 0.812. The van der Waals surface area contributed by atoms with Crippen molar-refractivity contribution in [2.24, 2.45) is 5.92 Å². The molecule has 1 aliphatic rings. The Morgan fingerprint density at radius 3 is 2.92 bits per heavy atom. The molecule has 7 heteroatoms. The van der Waals surface area contributed by atoms with Gasteiger partial charge in [-0.2, -0.15) is 4.98 Å². The van der Waals surface area contributed by atoms with Crippen molar-refractivity contribution in [2.45, 2.75) is 78.5 Å². The molecule has 1 amide bonds. The fraction of sp³-hybridized carbons (Fsp3) is 0.833. The molecule has 25 heavy (non-hydrogen) atoms. The standard InChI is InChI=1S/C18H32N4O3/c1-6-7-8-16-20-15(21-25-16)12-22-10-9-14(11-22)13(2)19-17(23)24-18(3,4)5/h13-14H,6-12H2,1-5H3,(H,19,23)/t13-,14+/m1/s1. The third-order valence-corrected chi connectivity index (χ3v) is 4.38. The molecule has 1 N–H and O–H groups in total. The fourth-order valence-electron chi connectivity index (χ4n) is 3.01. The van der Waals surface area contributed by atoms with Crippen LogP contribution in [-0.2, 0) is 17.7 Å². The highest BCUT2D eigenvalue weighted by molar-refractivity contribution is 5.68. The molecule has 0 unspecified atom stereocenters. The summed E-state index contributed by atoms with van der Waals surface area (Å²) in [6, 6.07) is 0.0743. The first kappa shape index (κ1) is 19.7. The summed E-state index contributed by atoms with van der Waals surface area (Å²) < 4.78 is 10.6. The average molecular weight is 352 g/mol. The third-order valence-electron chi connectivity index (χ3n) is 4.38. The van der Waals surface area contributed by atoms with Gasteiger partial charge in [0.1, 0.15) is 5.60 Å². The first-order valence-electron chi connectivity index (χ1n) is 9.30. The van der Waals surface area contributed by atoms with Crippen molar-refractivity contribution >= 4 is 6.09 Å². The molecule has 2 rings (SSSR count). The highest BCUT2D eigenvalue weighted by Gasteiger charge is 2.29. The van der Waals surface area contributed by atoms with Crippen LogP contribution in [0, 0.1) is 5.92 Å². The Kier molecular flexibility index (Phi) is 6.81. The van der Waals surface area contributed by atoms with E-state index in [0.29, 0.717) is 12.5 Å². The van der Waals surface area contributed by atoms with Crippen molar-refractivity contribution in [2.75, 3.05) is 13.1 Å². The van der Waals surface area contributed by atoms with E-state index in [0.717, 1.165) is 50.5 Å². The second-order valence-corrected chi connectivity index (χ2v) is 7.93. The van der Waals surface area contributed by atoms with Gasteiger partial charge in [-0.05, 0) is 53.0 Å². The molecule has 7 nitrogen and oxygen atoms in total. The number of hydrogen-bond donors (Lipinski definition) is 1. The molecular weight excluding hydrogens is 320 g/mol. The van der Waals surface area contributed by atoms with Crippen LogP contribution in [0.5, 0.6) is 0 Å². The summed E-state index contributed by atoms with van der Waals surface area (Å²) in [5.41, 5.74) is -0.473. The normalized spacial score (nSPS) is 19.8. The number of nitrogens with zero attached hydrogens (tertiary/aromatic N) is 3. The van der Waals surface area contributed by atoms with Crippen LogP contribution in [-0.4, -0.2) is 45.9 Å². The number of carbonyl (C=O) groups is 1. The lowest BCUT2D eigenvalue weighted by atomic mass is 10.0. The molecule has 0 bridgehead atoms. The minimum absolute atomic E-state index is 0.0743. The largest absolute Gasteiger partial charge is 0.444 e. The number of hydrogen-bond acceptors (Lipinski definition) is 6. The first-order valence-corrected chi connectivity index (χ1v) is 9.30. The number of aryl methyl sites for hydroxylation is 1. The highest BCUT2D eigenvalue weighted by Crippen LogP contribution is 2.21. The lowest BCUT2D eigenvalue weighted by molar-refractivity contribution is 0.0492. The lowest BCUT2D eigenvalue weighted by Gasteiger charge is -2.24. The fourth-order valence-corrected chi connectivity index (χ4v) is 3.01. The zero-order chi connectivity index (χ0) is 18.4. The van der Waals surface area contributed by atoms with Crippen molar-refractivity contribution < 1.29 is 14.1 Å². The van der Waals surface area contributed by atoms with Crippen LogP contribution in [0.2, 0.25) is 0 Å². The molecule has 1 aliphatic heterocycles. The van der Waals surface area contributed by atoms with Crippen molar-refractivity contribution in [1.82, 2.24) is 20.4 Å². The Bertz CT molecular complexity index is 553. The summed E-state index contributed by atoms with van der Waals surface area (Å²) in [5.74, 6) is 1.88. The number of rotatable bonds is 7. The molecule has 2 heterocycles. The summed E-state index contributed by atoms with van der Waals surface area (Å²) in [6.45, 7) is 12.4. The van der Waals surface area contributed by atoms with Crippen molar-refractivity contribution in [3.05, 3.63) is 11.7 Å². The van der Waals surface area contributed by atoms with E-state index in [9.17, 15) is 4.79 Å². The highest BCUT2D eigenvalue weighted by atomic mass is 16.6. The number of unbranched alkanes of at least 4 members (excludes halogenated alkanes) is 1. The van der Waals surface area contributed by atoms with Gasteiger partial charge in [0, 0.05) is 19.0 Å². The van der Waals surface area contributed by atoms with E-state index in [1.165, 1.54) is 0 Å². The van der Waals surface area contributed by atoms with Crippen LogP contribution in [0.1, 0.15) is 65.6 Å². The van der Waals surface area contributed by atoms with Crippen molar-refractivity contribution in [1.29, 1.82) is 0 Å². The predicted octanol–water partition coefficient (Wildman–Crippen LogP) is 3.15. The molecule has 1 saturated heterocycles. The number of likely N-dealkylation sites (tertiary alicyclic amines) is 1. The van der Waals surface area contributed by atoms with E-state index in [2.05, 4.69) is 27.3 Å². The summed E-state index contributed by atoms with van der Waals surface area (Å²) in [7, 11) is 0. The summed E-state index contributed by atoms with van der Waals surface area (Å²) in [6.07, 6.45) is 3.73.